The van der Waals surface area contributed by atoms with Crippen LogP contribution in [0.25, 0.3) is 0 Å². The van der Waals surface area contributed by atoms with Crippen LogP contribution in [0.3, 0.4) is 0 Å². The van der Waals surface area contributed by atoms with Gasteiger partial charge in [-0.3, -0.25) is 4.79 Å². The molecule has 0 aliphatic carbocycles. The normalized spacial score (nSPS) is 10.1. The number of hydrogen-bond donors (Lipinski definition) is 2. The Morgan fingerprint density at radius 3 is 2.45 bits per heavy atom. The SMILES string of the molecule is CCc1ccccc1NCC(=O)Nc1ccc(C)cc1. The minimum Gasteiger partial charge on any atom is -0.376 e. The number of anilines is 2. The van der Waals surface area contributed by atoms with Gasteiger partial charge in [0.15, 0.2) is 0 Å². The van der Waals surface area contributed by atoms with E-state index in [1.165, 1.54) is 11.1 Å². The third kappa shape index (κ3) is 3.85. The second kappa shape index (κ2) is 6.75. The summed E-state index contributed by atoms with van der Waals surface area (Å²) in [6.07, 6.45) is 0.947. The predicted molar refractivity (Wildman–Crippen MR) is 84.1 cm³/mol. The van der Waals surface area contributed by atoms with Gasteiger partial charge in [-0.05, 0) is 37.1 Å². The van der Waals surface area contributed by atoms with E-state index < -0.39 is 0 Å². The van der Waals surface area contributed by atoms with Gasteiger partial charge >= 0.3 is 0 Å². The molecule has 1 amide bonds. The zero-order valence-corrected chi connectivity index (χ0v) is 11.9. The summed E-state index contributed by atoms with van der Waals surface area (Å²) in [5.74, 6) is -0.0419. The van der Waals surface area contributed by atoms with E-state index in [0.717, 1.165) is 17.8 Å². The van der Waals surface area contributed by atoms with Crippen LogP contribution in [0.1, 0.15) is 18.1 Å². The molecule has 104 valence electrons. The van der Waals surface area contributed by atoms with Crippen molar-refractivity contribution >= 4 is 17.3 Å². The Hall–Kier alpha value is -2.29. The number of carbonyl (C=O) groups excluding carboxylic acids is 1. The molecular formula is C17H20N2O. The Morgan fingerprint density at radius 2 is 1.75 bits per heavy atom. The molecule has 0 aliphatic rings. The van der Waals surface area contributed by atoms with Crippen LogP contribution in [0, 0.1) is 6.92 Å². The third-order valence-corrected chi connectivity index (χ3v) is 3.17. The van der Waals surface area contributed by atoms with Crippen LogP contribution in [0.5, 0.6) is 0 Å². The predicted octanol–water partition coefficient (Wildman–Crippen LogP) is 3.61. The maximum Gasteiger partial charge on any atom is 0.243 e. The number of carbonyl (C=O) groups is 1. The minimum absolute atomic E-state index is 0.0419. The van der Waals surface area contributed by atoms with E-state index >= 15 is 0 Å². The van der Waals surface area contributed by atoms with Crippen LogP contribution in [0.2, 0.25) is 0 Å². The fourth-order valence-corrected chi connectivity index (χ4v) is 2.02. The molecule has 0 atom stereocenters. The molecule has 0 aliphatic heterocycles. The summed E-state index contributed by atoms with van der Waals surface area (Å²) in [7, 11) is 0. The zero-order chi connectivity index (χ0) is 14.4. The van der Waals surface area contributed by atoms with Crippen molar-refractivity contribution in [1.29, 1.82) is 0 Å². The molecule has 3 nitrogen and oxygen atoms in total. The van der Waals surface area contributed by atoms with Crippen molar-refractivity contribution in [3.05, 3.63) is 59.7 Å². The van der Waals surface area contributed by atoms with Gasteiger partial charge in [-0.15, -0.1) is 0 Å². The molecule has 0 heterocycles. The highest BCUT2D eigenvalue weighted by Crippen LogP contribution is 2.15. The molecule has 0 aromatic heterocycles. The molecule has 0 saturated heterocycles. The first-order chi connectivity index (χ1) is 9.69. The van der Waals surface area contributed by atoms with Crippen LogP contribution in [0.15, 0.2) is 48.5 Å². The van der Waals surface area contributed by atoms with Gasteiger partial charge in [-0.1, -0.05) is 42.8 Å². The Morgan fingerprint density at radius 1 is 1.05 bits per heavy atom. The summed E-state index contributed by atoms with van der Waals surface area (Å²) in [6, 6.07) is 15.8. The van der Waals surface area contributed by atoms with Crippen LogP contribution >= 0.6 is 0 Å². The van der Waals surface area contributed by atoms with Gasteiger partial charge in [0.2, 0.25) is 5.91 Å². The molecule has 0 bridgehead atoms. The fraction of sp³-hybridized carbons (Fsp3) is 0.235. The first kappa shape index (κ1) is 14.1. The summed E-state index contributed by atoms with van der Waals surface area (Å²) >= 11 is 0. The van der Waals surface area contributed by atoms with E-state index in [0.29, 0.717) is 0 Å². The number of nitrogens with one attached hydrogen (secondary N) is 2. The van der Waals surface area contributed by atoms with E-state index in [2.05, 4.69) is 23.6 Å². The number of aryl methyl sites for hydroxylation is 2. The molecule has 20 heavy (non-hydrogen) atoms. The van der Waals surface area contributed by atoms with Crippen LogP contribution in [-0.4, -0.2) is 12.5 Å². The highest BCUT2D eigenvalue weighted by molar-refractivity contribution is 5.93. The summed E-state index contributed by atoms with van der Waals surface area (Å²) in [5.41, 5.74) is 4.24. The van der Waals surface area contributed by atoms with Crippen molar-refractivity contribution in [2.24, 2.45) is 0 Å². The first-order valence-corrected chi connectivity index (χ1v) is 6.87. The zero-order valence-electron chi connectivity index (χ0n) is 11.9. The quantitative estimate of drug-likeness (QED) is 0.869. The number of amides is 1. The fourth-order valence-electron chi connectivity index (χ4n) is 2.02. The molecule has 0 saturated carbocycles. The van der Waals surface area contributed by atoms with Gasteiger partial charge in [0.05, 0.1) is 6.54 Å². The molecule has 0 fully saturated rings. The van der Waals surface area contributed by atoms with Crippen molar-refractivity contribution in [2.75, 3.05) is 17.2 Å². The van der Waals surface area contributed by atoms with Crippen molar-refractivity contribution in [3.8, 4) is 0 Å². The summed E-state index contributed by atoms with van der Waals surface area (Å²) < 4.78 is 0. The molecule has 2 aromatic carbocycles. The lowest BCUT2D eigenvalue weighted by Crippen LogP contribution is -2.22. The third-order valence-electron chi connectivity index (χ3n) is 3.17. The van der Waals surface area contributed by atoms with E-state index in [1.807, 2.05) is 49.4 Å². The summed E-state index contributed by atoms with van der Waals surface area (Å²) in [6.45, 7) is 4.40. The van der Waals surface area contributed by atoms with E-state index in [9.17, 15) is 4.79 Å². The van der Waals surface area contributed by atoms with Crippen LogP contribution in [-0.2, 0) is 11.2 Å². The lowest BCUT2D eigenvalue weighted by molar-refractivity contribution is -0.114. The average molecular weight is 268 g/mol. The largest absolute Gasteiger partial charge is 0.376 e. The van der Waals surface area contributed by atoms with Crippen molar-refractivity contribution < 1.29 is 4.79 Å². The molecule has 2 N–H and O–H groups in total. The van der Waals surface area contributed by atoms with Gasteiger partial charge in [-0.25, -0.2) is 0 Å². The molecule has 0 radical (unpaired) electrons. The Balaban J connectivity index is 1.90. The van der Waals surface area contributed by atoms with Crippen LogP contribution in [0.4, 0.5) is 11.4 Å². The smallest absolute Gasteiger partial charge is 0.243 e. The summed E-state index contributed by atoms with van der Waals surface area (Å²) in [5, 5.41) is 6.06. The van der Waals surface area contributed by atoms with Crippen molar-refractivity contribution in [1.82, 2.24) is 0 Å². The lowest BCUT2D eigenvalue weighted by atomic mass is 10.1. The topological polar surface area (TPSA) is 41.1 Å². The number of rotatable bonds is 5. The number of hydrogen-bond acceptors (Lipinski definition) is 2. The summed E-state index contributed by atoms with van der Waals surface area (Å²) in [4.78, 5) is 11.9. The Labute approximate surface area is 120 Å². The second-order valence-electron chi connectivity index (χ2n) is 4.78. The Kier molecular flexibility index (Phi) is 4.77. The van der Waals surface area contributed by atoms with E-state index in [4.69, 9.17) is 0 Å². The van der Waals surface area contributed by atoms with Crippen molar-refractivity contribution in [3.63, 3.8) is 0 Å². The van der Waals surface area contributed by atoms with Crippen molar-refractivity contribution in [2.45, 2.75) is 20.3 Å². The van der Waals surface area contributed by atoms with Gasteiger partial charge in [0.1, 0.15) is 0 Å². The number of para-hydroxylation sites is 1. The van der Waals surface area contributed by atoms with Gasteiger partial charge in [-0.2, -0.15) is 0 Å². The number of benzene rings is 2. The van der Waals surface area contributed by atoms with Gasteiger partial charge < -0.3 is 10.6 Å². The lowest BCUT2D eigenvalue weighted by Gasteiger charge is -2.11. The molecule has 2 rings (SSSR count). The molecule has 2 aromatic rings. The monoisotopic (exact) mass is 268 g/mol. The second-order valence-corrected chi connectivity index (χ2v) is 4.78. The van der Waals surface area contributed by atoms with Gasteiger partial charge in [0.25, 0.3) is 0 Å². The highest BCUT2D eigenvalue weighted by atomic mass is 16.1. The van der Waals surface area contributed by atoms with Crippen LogP contribution < -0.4 is 10.6 Å². The first-order valence-electron chi connectivity index (χ1n) is 6.87. The van der Waals surface area contributed by atoms with Gasteiger partial charge in [0, 0.05) is 11.4 Å². The molecular weight excluding hydrogens is 248 g/mol. The maximum absolute atomic E-state index is 11.9. The minimum atomic E-state index is -0.0419. The molecule has 3 heteroatoms. The van der Waals surface area contributed by atoms with E-state index in [1.54, 1.807) is 0 Å². The molecule has 0 spiro atoms. The highest BCUT2D eigenvalue weighted by Gasteiger charge is 2.04. The standard InChI is InChI=1S/C17H20N2O/c1-3-14-6-4-5-7-16(14)18-12-17(20)19-15-10-8-13(2)9-11-15/h4-11,18H,3,12H2,1-2H3,(H,19,20). The average Bonchev–Trinajstić information content (AvgIpc) is 2.48. The Bertz CT molecular complexity index is 576. The maximum atomic E-state index is 11.9. The molecule has 0 unspecified atom stereocenters. The van der Waals surface area contributed by atoms with E-state index in [-0.39, 0.29) is 12.5 Å².